The van der Waals surface area contributed by atoms with Gasteiger partial charge in [-0.2, -0.15) is 0 Å². The second kappa shape index (κ2) is 8.63. The van der Waals surface area contributed by atoms with Crippen molar-refractivity contribution >= 4 is 17.7 Å². The average molecular weight is 437 g/mol. The molecule has 1 atom stereocenters. The predicted molar refractivity (Wildman–Crippen MR) is 124 cm³/mol. The van der Waals surface area contributed by atoms with Gasteiger partial charge in [0.15, 0.2) is 12.0 Å². The minimum Gasteiger partial charge on any atom is -0.324 e. The number of amides is 1. The fraction of sp³-hybridized carbons (Fsp3) is 0.0769. The standard InChI is InChI=1S/C26H20FN5O/c1-17-30-31-26-25(28-23(33)16-13-18-11-14-20(27)15-12-18)29-24(19-7-3-2-4-8-19)21-9-5-6-10-22(21)32(17)26/h2-16,25H,1H3,(H,28,33)/b16-13+. The van der Waals surface area contributed by atoms with E-state index in [1.807, 2.05) is 66.1 Å². The number of carbonyl (C=O) groups is 1. The number of hydrogen-bond acceptors (Lipinski definition) is 4. The van der Waals surface area contributed by atoms with E-state index in [0.29, 0.717) is 17.2 Å². The molecule has 5 rings (SSSR count). The lowest BCUT2D eigenvalue weighted by atomic mass is 10.0. The number of nitrogens with zero attached hydrogens (tertiary/aromatic N) is 4. The van der Waals surface area contributed by atoms with Crippen LogP contribution in [-0.2, 0) is 4.79 Å². The highest BCUT2D eigenvalue weighted by atomic mass is 19.1. The minimum atomic E-state index is -0.751. The number of aliphatic imine (C=N–C) groups is 1. The molecule has 0 fully saturated rings. The van der Waals surface area contributed by atoms with Gasteiger partial charge in [-0.1, -0.05) is 60.7 Å². The Labute approximate surface area is 190 Å². The van der Waals surface area contributed by atoms with Crippen LogP contribution >= 0.6 is 0 Å². The van der Waals surface area contributed by atoms with Crippen molar-refractivity contribution in [3.8, 4) is 5.69 Å². The quantitative estimate of drug-likeness (QED) is 0.481. The van der Waals surface area contributed by atoms with Crippen molar-refractivity contribution in [1.29, 1.82) is 0 Å². The Morgan fingerprint density at radius 2 is 1.70 bits per heavy atom. The van der Waals surface area contributed by atoms with E-state index in [9.17, 15) is 9.18 Å². The molecule has 1 amide bonds. The highest BCUT2D eigenvalue weighted by Crippen LogP contribution is 2.29. The van der Waals surface area contributed by atoms with Crippen LogP contribution in [0.15, 0.2) is 89.9 Å². The topological polar surface area (TPSA) is 72.2 Å². The fourth-order valence-electron chi connectivity index (χ4n) is 3.83. The van der Waals surface area contributed by atoms with Crippen LogP contribution in [0.1, 0.15) is 34.5 Å². The summed E-state index contributed by atoms with van der Waals surface area (Å²) in [6.07, 6.45) is 2.27. The summed E-state index contributed by atoms with van der Waals surface area (Å²) in [6, 6.07) is 23.6. The third kappa shape index (κ3) is 4.08. The highest BCUT2D eigenvalue weighted by molar-refractivity contribution is 6.15. The second-order valence-corrected chi connectivity index (χ2v) is 7.60. The van der Waals surface area contributed by atoms with Gasteiger partial charge < -0.3 is 5.32 Å². The van der Waals surface area contributed by atoms with Crippen LogP contribution in [0.4, 0.5) is 4.39 Å². The van der Waals surface area contributed by atoms with Crippen molar-refractivity contribution in [2.24, 2.45) is 4.99 Å². The SMILES string of the molecule is Cc1nnc2n1-c1ccccc1C(c1ccccc1)=NC2NC(=O)/C=C/c1ccc(F)cc1. The number of fused-ring (bicyclic) bond motifs is 3. The van der Waals surface area contributed by atoms with Crippen molar-refractivity contribution in [2.45, 2.75) is 13.1 Å². The van der Waals surface area contributed by atoms with Gasteiger partial charge in [0.25, 0.3) is 0 Å². The van der Waals surface area contributed by atoms with E-state index < -0.39 is 6.17 Å². The molecule has 0 spiro atoms. The molecule has 4 aromatic rings. The summed E-state index contributed by atoms with van der Waals surface area (Å²) in [5, 5.41) is 11.5. The minimum absolute atomic E-state index is 0.327. The van der Waals surface area contributed by atoms with Crippen molar-refractivity contribution in [3.63, 3.8) is 0 Å². The molecule has 1 aliphatic heterocycles. The summed E-state index contributed by atoms with van der Waals surface area (Å²) < 4.78 is 15.1. The lowest BCUT2D eigenvalue weighted by molar-refractivity contribution is -0.117. The molecule has 2 heterocycles. The van der Waals surface area contributed by atoms with Crippen LogP contribution in [0.25, 0.3) is 11.8 Å². The summed E-state index contributed by atoms with van der Waals surface area (Å²) in [7, 11) is 0. The molecule has 1 aliphatic rings. The molecule has 0 aliphatic carbocycles. The van der Waals surface area contributed by atoms with Crippen molar-refractivity contribution < 1.29 is 9.18 Å². The van der Waals surface area contributed by atoms with Crippen LogP contribution in [0.3, 0.4) is 0 Å². The largest absolute Gasteiger partial charge is 0.324 e. The molecule has 0 radical (unpaired) electrons. The predicted octanol–water partition coefficient (Wildman–Crippen LogP) is 4.39. The molecule has 7 heteroatoms. The first kappa shape index (κ1) is 20.5. The van der Waals surface area contributed by atoms with Gasteiger partial charge in [-0.05, 0) is 36.8 Å². The van der Waals surface area contributed by atoms with Gasteiger partial charge in [0, 0.05) is 17.2 Å². The van der Waals surface area contributed by atoms with Crippen LogP contribution in [0.5, 0.6) is 0 Å². The van der Waals surface area contributed by atoms with Crippen molar-refractivity contribution in [1.82, 2.24) is 20.1 Å². The van der Waals surface area contributed by atoms with E-state index >= 15 is 0 Å². The number of halogens is 1. The van der Waals surface area contributed by atoms with E-state index in [-0.39, 0.29) is 11.7 Å². The number of benzene rings is 3. The summed E-state index contributed by atoms with van der Waals surface area (Å²) >= 11 is 0. The Balaban J connectivity index is 1.56. The number of hydrogen-bond donors (Lipinski definition) is 1. The molecule has 0 saturated heterocycles. The summed E-state index contributed by atoms with van der Waals surface area (Å²) in [5.74, 6) is 0.545. The first-order valence-corrected chi connectivity index (χ1v) is 10.5. The zero-order valence-corrected chi connectivity index (χ0v) is 17.8. The highest BCUT2D eigenvalue weighted by Gasteiger charge is 2.28. The summed E-state index contributed by atoms with van der Waals surface area (Å²) in [6.45, 7) is 1.87. The first-order valence-electron chi connectivity index (χ1n) is 10.5. The Kier molecular flexibility index (Phi) is 5.36. The molecular weight excluding hydrogens is 417 g/mol. The Morgan fingerprint density at radius 3 is 2.48 bits per heavy atom. The fourth-order valence-corrected chi connectivity index (χ4v) is 3.83. The number of aromatic nitrogens is 3. The Bertz CT molecular complexity index is 1370. The molecule has 1 unspecified atom stereocenters. The molecule has 162 valence electrons. The van der Waals surface area contributed by atoms with Crippen LogP contribution in [-0.4, -0.2) is 26.4 Å². The second-order valence-electron chi connectivity index (χ2n) is 7.60. The number of nitrogens with one attached hydrogen (secondary N) is 1. The maximum atomic E-state index is 13.1. The number of para-hydroxylation sites is 1. The van der Waals surface area contributed by atoms with Gasteiger partial charge >= 0.3 is 0 Å². The lowest BCUT2D eigenvalue weighted by Crippen LogP contribution is -2.28. The third-order valence-electron chi connectivity index (χ3n) is 5.38. The molecule has 33 heavy (non-hydrogen) atoms. The van der Waals surface area contributed by atoms with Crippen molar-refractivity contribution in [3.05, 3.63) is 119 Å². The van der Waals surface area contributed by atoms with Crippen LogP contribution in [0.2, 0.25) is 0 Å². The molecule has 3 aromatic carbocycles. The van der Waals surface area contributed by atoms with Crippen LogP contribution in [0, 0.1) is 12.7 Å². The molecular formula is C26H20FN5O. The molecule has 1 aromatic heterocycles. The lowest BCUT2D eigenvalue weighted by Gasteiger charge is -2.13. The van der Waals surface area contributed by atoms with Gasteiger partial charge in [-0.3, -0.25) is 14.4 Å². The normalized spacial score (nSPS) is 14.8. The average Bonchev–Trinajstić information content (AvgIpc) is 3.16. The first-order chi connectivity index (χ1) is 16.1. The van der Waals surface area contributed by atoms with Gasteiger partial charge in [-0.25, -0.2) is 4.39 Å². The number of carbonyl (C=O) groups excluding carboxylic acids is 1. The van der Waals surface area contributed by atoms with E-state index in [0.717, 1.165) is 22.5 Å². The smallest absolute Gasteiger partial charge is 0.245 e. The molecule has 1 N–H and O–H groups in total. The van der Waals surface area contributed by atoms with E-state index in [4.69, 9.17) is 4.99 Å². The maximum Gasteiger partial charge on any atom is 0.245 e. The summed E-state index contributed by atoms with van der Waals surface area (Å²) in [4.78, 5) is 17.7. The Hall–Kier alpha value is -4.39. The molecule has 0 saturated carbocycles. The zero-order chi connectivity index (χ0) is 22.8. The van der Waals surface area contributed by atoms with Crippen molar-refractivity contribution in [2.75, 3.05) is 0 Å². The zero-order valence-electron chi connectivity index (χ0n) is 17.8. The van der Waals surface area contributed by atoms with E-state index in [1.165, 1.54) is 18.2 Å². The number of rotatable bonds is 4. The van der Waals surface area contributed by atoms with E-state index in [2.05, 4.69) is 15.5 Å². The van der Waals surface area contributed by atoms with Gasteiger partial charge in [0.05, 0.1) is 11.4 Å². The Morgan fingerprint density at radius 1 is 0.970 bits per heavy atom. The molecule has 0 bridgehead atoms. The maximum absolute atomic E-state index is 13.1. The molecule has 6 nitrogen and oxygen atoms in total. The third-order valence-corrected chi connectivity index (χ3v) is 5.38. The number of aryl methyl sites for hydroxylation is 1. The van der Waals surface area contributed by atoms with E-state index in [1.54, 1.807) is 18.2 Å². The monoisotopic (exact) mass is 437 g/mol. The van der Waals surface area contributed by atoms with Gasteiger partial charge in [-0.15, -0.1) is 10.2 Å². The van der Waals surface area contributed by atoms with Gasteiger partial charge in [0.2, 0.25) is 5.91 Å². The van der Waals surface area contributed by atoms with Crippen LogP contribution < -0.4 is 5.32 Å². The van der Waals surface area contributed by atoms with Gasteiger partial charge in [0.1, 0.15) is 11.6 Å². The summed E-state index contributed by atoms with van der Waals surface area (Å²) in [5.41, 5.74) is 4.22.